The summed E-state index contributed by atoms with van der Waals surface area (Å²) in [5, 5.41) is 0. The largest absolute Gasteiger partial charge is 0.393 e. The predicted molar refractivity (Wildman–Crippen MR) is 39.6 cm³/mol. The van der Waals surface area contributed by atoms with E-state index in [1.54, 1.807) is 6.07 Å². The van der Waals surface area contributed by atoms with Crippen LogP contribution in [-0.4, -0.2) is 6.18 Å². The summed E-state index contributed by atoms with van der Waals surface area (Å²) >= 11 is 0. The van der Waals surface area contributed by atoms with Crippen molar-refractivity contribution in [2.45, 2.75) is 12.6 Å². The molecule has 0 heterocycles. The molecule has 64 valence electrons. The Kier molecular flexibility index (Phi) is 2.02. The van der Waals surface area contributed by atoms with Crippen LogP contribution in [0.5, 0.6) is 0 Å². The van der Waals surface area contributed by atoms with Crippen LogP contribution in [0.4, 0.5) is 13.2 Å². The van der Waals surface area contributed by atoms with Gasteiger partial charge in [-0.05, 0) is 18.0 Å². The van der Waals surface area contributed by atoms with Gasteiger partial charge in [0.25, 0.3) is 0 Å². The molecular weight excluding hydrogens is 165 g/mol. The molecule has 0 saturated carbocycles. The first-order valence-corrected chi connectivity index (χ1v) is 3.35. The maximum atomic E-state index is 12.0. The van der Waals surface area contributed by atoms with E-state index in [9.17, 15) is 13.2 Å². The van der Waals surface area contributed by atoms with E-state index < -0.39 is 12.6 Å². The fraction of sp³-hybridized carbons (Fsp3) is 0.222. The van der Waals surface area contributed by atoms with E-state index in [0.717, 1.165) is 0 Å². The molecule has 1 rings (SSSR count). The molecule has 12 heavy (non-hydrogen) atoms. The van der Waals surface area contributed by atoms with Gasteiger partial charge in [-0.3, -0.25) is 0 Å². The van der Waals surface area contributed by atoms with Crippen molar-refractivity contribution in [1.29, 1.82) is 0 Å². The van der Waals surface area contributed by atoms with Crippen molar-refractivity contribution in [3.63, 3.8) is 0 Å². The first-order valence-electron chi connectivity index (χ1n) is 3.85. The van der Waals surface area contributed by atoms with Crippen molar-refractivity contribution in [1.82, 2.24) is 0 Å². The number of hydrogen-bond acceptors (Lipinski definition) is 0. The van der Waals surface area contributed by atoms with Crippen LogP contribution in [0.15, 0.2) is 24.3 Å². The summed E-state index contributed by atoms with van der Waals surface area (Å²) in [5.74, 6) is 0. The summed E-state index contributed by atoms with van der Waals surface area (Å²) in [6, 6.07) is 5.89. The molecule has 0 N–H and O–H groups in total. The second-order valence-corrected chi connectivity index (χ2v) is 2.45. The molecule has 0 aliphatic rings. The van der Waals surface area contributed by atoms with Crippen LogP contribution in [0.2, 0.25) is 0 Å². The van der Waals surface area contributed by atoms with Crippen LogP contribution < -0.4 is 0 Å². The molecule has 0 aliphatic carbocycles. The molecule has 1 aromatic carbocycles. The van der Waals surface area contributed by atoms with E-state index in [1.165, 1.54) is 18.2 Å². The lowest BCUT2D eigenvalue weighted by Gasteiger charge is -2.07. The molecule has 0 amide bonds. The lowest BCUT2D eigenvalue weighted by atomic mass is 10.1. The summed E-state index contributed by atoms with van der Waals surface area (Å²) in [7, 11) is 0. The Morgan fingerprint density at radius 2 is 2.00 bits per heavy atom. The van der Waals surface area contributed by atoms with E-state index >= 15 is 0 Å². The molecule has 0 unspecified atom stereocenters. The molecule has 0 saturated heterocycles. The highest BCUT2D eigenvalue weighted by molar-refractivity contribution is 5.29. The van der Waals surface area contributed by atoms with Crippen molar-refractivity contribution in [3.8, 4) is 0 Å². The van der Waals surface area contributed by atoms with Gasteiger partial charge in [0, 0.05) is 1.37 Å². The minimum atomic E-state index is -4.23. The van der Waals surface area contributed by atoms with Crippen LogP contribution in [0.25, 0.3) is 0 Å². The summed E-state index contributed by atoms with van der Waals surface area (Å²) in [6.07, 6.45) is -5.23. The van der Waals surface area contributed by atoms with Gasteiger partial charge < -0.3 is 0 Å². The Hall–Kier alpha value is -0.990. The van der Waals surface area contributed by atoms with Crippen LogP contribution in [0.3, 0.4) is 0 Å². The molecule has 2 radical (unpaired) electrons. The molecule has 3 heteroatoms. The van der Waals surface area contributed by atoms with E-state index in [4.69, 9.17) is 1.37 Å². The van der Waals surface area contributed by atoms with Crippen LogP contribution in [0, 0.1) is 6.90 Å². The van der Waals surface area contributed by atoms with Crippen LogP contribution >= 0.6 is 0 Å². The van der Waals surface area contributed by atoms with Crippen LogP contribution in [-0.2, 0) is 6.42 Å². The molecule has 0 aliphatic heterocycles. The highest BCUT2D eigenvalue weighted by Gasteiger charge is 2.27. The second-order valence-electron chi connectivity index (χ2n) is 2.45. The minimum absolute atomic E-state index is 0.0880. The highest BCUT2D eigenvalue weighted by atomic mass is 19.4. The molecule has 0 fully saturated rings. The maximum Gasteiger partial charge on any atom is 0.393 e. The lowest BCUT2D eigenvalue weighted by Crippen LogP contribution is -2.12. The normalized spacial score (nSPS) is 12.8. The van der Waals surface area contributed by atoms with Gasteiger partial charge in [0.15, 0.2) is 0 Å². The Morgan fingerprint density at radius 1 is 1.33 bits per heavy atom. The number of rotatable bonds is 2. The molecule has 0 nitrogen and oxygen atoms in total. The second kappa shape index (κ2) is 3.17. The van der Waals surface area contributed by atoms with Crippen LogP contribution in [0.1, 0.15) is 12.5 Å². The maximum absolute atomic E-state index is 12.0. The molecule has 1 aromatic rings. The average molecular weight is 173 g/mol. The fourth-order valence-electron chi connectivity index (χ4n) is 0.890. The van der Waals surface area contributed by atoms with Crippen molar-refractivity contribution in [2.75, 3.05) is 0 Å². The van der Waals surface area contributed by atoms with Gasteiger partial charge in [-0.15, -0.1) is 0 Å². The molecular formula is C9H7F3. The van der Waals surface area contributed by atoms with Gasteiger partial charge in [0.2, 0.25) is 0 Å². The van der Waals surface area contributed by atoms with E-state index in [2.05, 4.69) is 0 Å². The predicted octanol–water partition coefficient (Wildman–Crippen LogP) is 2.85. The standard InChI is InChI=1S/C9H7F3/c1-7-4-2-3-5-8(7)6-9(10,11)12/h1-5H,6H2/i1D. The first-order chi connectivity index (χ1) is 6.03. The number of hydrogen-bond donors (Lipinski definition) is 0. The third kappa shape index (κ3) is 2.57. The third-order valence-corrected chi connectivity index (χ3v) is 1.41. The van der Waals surface area contributed by atoms with Gasteiger partial charge >= 0.3 is 6.18 Å². The molecule has 0 atom stereocenters. The lowest BCUT2D eigenvalue weighted by molar-refractivity contribution is -0.127. The third-order valence-electron chi connectivity index (χ3n) is 1.41. The molecule has 0 bridgehead atoms. The van der Waals surface area contributed by atoms with Crippen molar-refractivity contribution >= 4 is 0 Å². The van der Waals surface area contributed by atoms with E-state index in [-0.39, 0.29) is 11.1 Å². The quantitative estimate of drug-likeness (QED) is 0.645. The van der Waals surface area contributed by atoms with Gasteiger partial charge in [-0.1, -0.05) is 24.3 Å². The summed E-state index contributed by atoms with van der Waals surface area (Å²) in [6.45, 7) is 1.97. The van der Waals surface area contributed by atoms with Gasteiger partial charge in [0.05, 0.1) is 6.42 Å². The van der Waals surface area contributed by atoms with Crippen molar-refractivity contribution in [2.24, 2.45) is 0 Å². The summed E-state index contributed by atoms with van der Waals surface area (Å²) in [5.41, 5.74) is 0.282. The zero-order valence-corrected chi connectivity index (χ0v) is 6.15. The number of alkyl halides is 3. The zero-order valence-electron chi connectivity index (χ0n) is 7.15. The smallest absolute Gasteiger partial charge is 0.171 e. The van der Waals surface area contributed by atoms with Gasteiger partial charge in [-0.2, -0.15) is 13.2 Å². The minimum Gasteiger partial charge on any atom is -0.171 e. The molecule has 0 spiro atoms. The molecule has 0 aromatic heterocycles. The number of halogens is 3. The Morgan fingerprint density at radius 3 is 2.58 bits per heavy atom. The van der Waals surface area contributed by atoms with E-state index in [1.807, 2.05) is 6.90 Å². The SMILES string of the molecule is [2H][C]c1ccccc1CC(F)(F)F. The van der Waals surface area contributed by atoms with Crippen molar-refractivity contribution in [3.05, 3.63) is 42.3 Å². The topological polar surface area (TPSA) is 0 Å². The van der Waals surface area contributed by atoms with E-state index in [0.29, 0.717) is 0 Å². The average Bonchev–Trinajstić information content (AvgIpc) is 2.02. The first kappa shape index (κ1) is 7.65. The monoisotopic (exact) mass is 173 g/mol. The number of benzene rings is 1. The van der Waals surface area contributed by atoms with Gasteiger partial charge in [-0.25, -0.2) is 0 Å². The van der Waals surface area contributed by atoms with Crippen molar-refractivity contribution < 1.29 is 14.5 Å². The Balaban J connectivity index is 2.87. The zero-order chi connectivity index (χ0) is 9.90. The summed E-state index contributed by atoms with van der Waals surface area (Å²) in [4.78, 5) is 0. The highest BCUT2D eigenvalue weighted by Crippen LogP contribution is 2.22. The Labute approximate surface area is 70.4 Å². The van der Waals surface area contributed by atoms with Gasteiger partial charge in [0.1, 0.15) is 0 Å². The Bertz CT molecular complexity index is 280. The summed E-state index contributed by atoms with van der Waals surface area (Å²) < 4.78 is 42.7. The fourth-order valence-corrected chi connectivity index (χ4v) is 0.890.